The molecule has 0 bridgehead atoms. The Kier molecular flexibility index (Phi) is 9.75. The molecule has 0 spiro atoms. The van der Waals surface area contributed by atoms with Gasteiger partial charge in [0.25, 0.3) is 0 Å². The average molecular weight is 431 g/mol. The number of nitrogens with one attached hydrogen (secondary N) is 1. The van der Waals surface area contributed by atoms with Crippen LogP contribution in [0.3, 0.4) is 0 Å². The van der Waals surface area contributed by atoms with E-state index < -0.39 is 67.3 Å². The van der Waals surface area contributed by atoms with Gasteiger partial charge in [-0.25, -0.2) is 4.79 Å². The van der Waals surface area contributed by atoms with Gasteiger partial charge in [-0.15, -0.1) is 6.58 Å². The standard InChI is InChI=1S/C18H25NO11/c1-6-7-19-18(24)30-17-16(28-12(5)23)15(27-11(4)22)14(26-10(3)21)13(29-17)8-25-9(2)20/h6,13-17H,1,7-8H2,2-5H3,(H,19,24)/t13-,14-,15+,16-,17+/m1/s1. The van der Waals surface area contributed by atoms with Gasteiger partial charge in [0.1, 0.15) is 12.7 Å². The van der Waals surface area contributed by atoms with E-state index in [-0.39, 0.29) is 6.54 Å². The number of rotatable bonds is 8. The van der Waals surface area contributed by atoms with Gasteiger partial charge in [0, 0.05) is 34.2 Å². The second-order valence-electron chi connectivity index (χ2n) is 6.14. The highest BCUT2D eigenvalue weighted by Gasteiger charge is 2.53. The van der Waals surface area contributed by atoms with Crippen LogP contribution in [-0.4, -0.2) is 73.8 Å². The lowest BCUT2D eigenvalue weighted by Gasteiger charge is -2.43. The van der Waals surface area contributed by atoms with E-state index in [9.17, 15) is 24.0 Å². The molecule has 1 heterocycles. The molecule has 0 radical (unpaired) electrons. The molecule has 1 aliphatic rings. The maximum Gasteiger partial charge on any atom is 0.409 e. The molecule has 168 valence electrons. The van der Waals surface area contributed by atoms with E-state index in [1.807, 2.05) is 0 Å². The highest BCUT2D eigenvalue weighted by molar-refractivity contribution is 5.69. The second-order valence-corrected chi connectivity index (χ2v) is 6.14. The molecule has 0 aromatic carbocycles. The molecule has 1 N–H and O–H groups in total. The Labute approximate surface area is 172 Å². The van der Waals surface area contributed by atoms with E-state index in [1.54, 1.807) is 0 Å². The fraction of sp³-hybridized carbons (Fsp3) is 0.611. The van der Waals surface area contributed by atoms with Gasteiger partial charge in [-0.05, 0) is 0 Å². The Bertz CT molecular complexity index is 677. The highest BCUT2D eigenvalue weighted by Crippen LogP contribution is 2.30. The molecule has 0 aromatic heterocycles. The predicted octanol–water partition coefficient (Wildman–Crippen LogP) is -0.0183. The van der Waals surface area contributed by atoms with Crippen molar-refractivity contribution < 1.29 is 52.4 Å². The lowest BCUT2D eigenvalue weighted by molar-refractivity contribution is -0.294. The summed E-state index contributed by atoms with van der Waals surface area (Å²) in [6.45, 7) is 7.49. The minimum Gasteiger partial charge on any atom is -0.463 e. The summed E-state index contributed by atoms with van der Waals surface area (Å²) < 4.78 is 31.2. The zero-order chi connectivity index (χ0) is 22.8. The van der Waals surface area contributed by atoms with Gasteiger partial charge in [0.05, 0.1) is 0 Å². The lowest BCUT2D eigenvalue weighted by Crippen LogP contribution is -2.63. The molecule has 1 rings (SSSR count). The smallest absolute Gasteiger partial charge is 0.409 e. The van der Waals surface area contributed by atoms with E-state index in [2.05, 4.69) is 11.9 Å². The summed E-state index contributed by atoms with van der Waals surface area (Å²) in [5, 5.41) is 2.34. The number of carbonyl (C=O) groups is 5. The maximum absolute atomic E-state index is 12.0. The zero-order valence-corrected chi connectivity index (χ0v) is 17.1. The summed E-state index contributed by atoms with van der Waals surface area (Å²) in [6, 6.07) is 0. The van der Waals surface area contributed by atoms with Crippen molar-refractivity contribution in [2.75, 3.05) is 13.2 Å². The molecule has 0 aromatic rings. The molecule has 1 amide bonds. The number of hydrogen-bond donors (Lipinski definition) is 1. The first-order valence-corrected chi connectivity index (χ1v) is 8.91. The van der Waals surface area contributed by atoms with Gasteiger partial charge in [0.2, 0.25) is 12.4 Å². The normalized spacial score (nSPS) is 25.3. The van der Waals surface area contributed by atoms with Crippen molar-refractivity contribution in [1.82, 2.24) is 5.32 Å². The van der Waals surface area contributed by atoms with Gasteiger partial charge >= 0.3 is 30.0 Å². The van der Waals surface area contributed by atoms with Crippen LogP contribution < -0.4 is 5.32 Å². The monoisotopic (exact) mass is 431 g/mol. The first-order chi connectivity index (χ1) is 14.0. The van der Waals surface area contributed by atoms with Crippen LogP contribution in [0.15, 0.2) is 12.7 Å². The van der Waals surface area contributed by atoms with Crippen LogP contribution in [0.4, 0.5) is 4.79 Å². The quantitative estimate of drug-likeness (QED) is 0.313. The van der Waals surface area contributed by atoms with Gasteiger partial charge in [-0.1, -0.05) is 6.08 Å². The molecule has 1 fully saturated rings. The fourth-order valence-corrected chi connectivity index (χ4v) is 2.59. The molecule has 0 unspecified atom stereocenters. The van der Waals surface area contributed by atoms with E-state index in [1.165, 1.54) is 6.08 Å². The Balaban J connectivity index is 3.28. The first-order valence-electron chi connectivity index (χ1n) is 8.91. The summed E-state index contributed by atoms with van der Waals surface area (Å²) in [7, 11) is 0. The number of ether oxygens (including phenoxy) is 6. The third kappa shape index (κ3) is 8.07. The second kappa shape index (κ2) is 11.8. The predicted molar refractivity (Wildman–Crippen MR) is 96.6 cm³/mol. The molecule has 12 heteroatoms. The van der Waals surface area contributed by atoms with Crippen LogP contribution in [-0.2, 0) is 47.6 Å². The van der Waals surface area contributed by atoms with Crippen LogP contribution in [0.25, 0.3) is 0 Å². The number of carbonyl (C=O) groups excluding carboxylic acids is 5. The summed E-state index contributed by atoms with van der Waals surface area (Å²) in [5.41, 5.74) is 0. The Morgan fingerprint density at radius 1 is 0.833 bits per heavy atom. The molecule has 30 heavy (non-hydrogen) atoms. The molecule has 0 saturated carbocycles. The maximum atomic E-state index is 12.0. The summed E-state index contributed by atoms with van der Waals surface area (Å²) >= 11 is 0. The number of alkyl carbamates (subject to hydrolysis) is 1. The minimum atomic E-state index is -1.57. The summed E-state index contributed by atoms with van der Waals surface area (Å²) in [6.07, 6.45) is -6.54. The molecule has 1 aliphatic heterocycles. The van der Waals surface area contributed by atoms with Crippen molar-refractivity contribution in [3.05, 3.63) is 12.7 Å². The Morgan fingerprint density at radius 3 is 1.87 bits per heavy atom. The van der Waals surface area contributed by atoms with Crippen molar-refractivity contribution in [2.45, 2.75) is 58.4 Å². The largest absolute Gasteiger partial charge is 0.463 e. The number of hydrogen-bond acceptors (Lipinski definition) is 11. The van der Waals surface area contributed by atoms with Crippen LogP contribution in [0.2, 0.25) is 0 Å². The van der Waals surface area contributed by atoms with E-state index in [0.717, 1.165) is 27.7 Å². The minimum absolute atomic E-state index is 0.0735. The topological polar surface area (TPSA) is 153 Å². The number of esters is 4. The Morgan fingerprint density at radius 2 is 1.37 bits per heavy atom. The summed E-state index contributed by atoms with van der Waals surface area (Å²) in [4.78, 5) is 58.1. The van der Waals surface area contributed by atoms with Crippen molar-refractivity contribution in [2.24, 2.45) is 0 Å². The fourth-order valence-electron chi connectivity index (χ4n) is 2.59. The van der Waals surface area contributed by atoms with Crippen molar-refractivity contribution in [1.29, 1.82) is 0 Å². The van der Waals surface area contributed by atoms with Gasteiger partial charge in [-0.3, -0.25) is 19.2 Å². The third-order valence-corrected chi connectivity index (χ3v) is 3.56. The van der Waals surface area contributed by atoms with E-state index >= 15 is 0 Å². The van der Waals surface area contributed by atoms with Crippen LogP contribution in [0.5, 0.6) is 0 Å². The van der Waals surface area contributed by atoms with Crippen molar-refractivity contribution in [3.63, 3.8) is 0 Å². The van der Waals surface area contributed by atoms with Crippen molar-refractivity contribution >= 4 is 30.0 Å². The average Bonchev–Trinajstić information content (AvgIpc) is 2.62. The van der Waals surface area contributed by atoms with Gasteiger partial charge < -0.3 is 33.7 Å². The van der Waals surface area contributed by atoms with Crippen LogP contribution in [0, 0.1) is 0 Å². The van der Waals surface area contributed by atoms with Crippen LogP contribution in [0.1, 0.15) is 27.7 Å². The van der Waals surface area contributed by atoms with Gasteiger partial charge in [-0.2, -0.15) is 0 Å². The molecule has 0 aliphatic carbocycles. The molecule has 1 saturated heterocycles. The number of amides is 1. The van der Waals surface area contributed by atoms with E-state index in [0.29, 0.717) is 0 Å². The SMILES string of the molecule is C=CCNC(=O)O[C@@H]1O[C@H](COC(C)=O)[C@@H](OC(C)=O)[C@H](OC(C)=O)[C@H]1OC(C)=O. The van der Waals surface area contributed by atoms with Crippen LogP contribution >= 0.6 is 0 Å². The lowest BCUT2D eigenvalue weighted by atomic mass is 9.98. The zero-order valence-electron chi connectivity index (χ0n) is 17.1. The first kappa shape index (κ1) is 24.9. The molecular weight excluding hydrogens is 406 g/mol. The van der Waals surface area contributed by atoms with E-state index in [4.69, 9.17) is 28.4 Å². The molecular formula is C18H25NO11. The third-order valence-electron chi connectivity index (χ3n) is 3.56. The van der Waals surface area contributed by atoms with Gasteiger partial charge in [0.15, 0.2) is 12.2 Å². The van der Waals surface area contributed by atoms with Crippen molar-refractivity contribution in [3.8, 4) is 0 Å². The Hall–Kier alpha value is -3.15. The highest BCUT2D eigenvalue weighted by atomic mass is 16.8. The molecule has 5 atom stereocenters. The summed E-state index contributed by atoms with van der Waals surface area (Å²) in [5.74, 6) is -3.02. The molecule has 12 nitrogen and oxygen atoms in total.